The molecule has 0 heterocycles. The maximum Gasteiger partial charge on any atom is 0.437 e. The number of oxime groups is 1. The Morgan fingerprint density at radius 2 is 1.95 bits per heavy atom. The van der Waals surface area contributed by atoms with Crippen molar-refractivity contribution in [2.45, 2.75) is 0 Å². The number of benzene rings is 2. The molecule has 0 aromatic heterocycles. The predicted octanol–water partition coefficient (Wildman–Crippen LogP) is 4.58. The first-order chi connectivity index (χ1) is 9.65. The predicted molar refractivity (Wildman–Crippen MR) is 80.6 cm³/mol. The zero-order valence-corrected chi connectivity index (χ0v) is 11.7. The zero-order chi connectivity index (χ0) is 14.4. The molecule has 1 amide bonds. The van der Waals surface area contributed by atoms with Crippen molar-refractivity contribution in [3.63, 3.8) is 0 Å². The Balaban J connectivity index is 1.91. The molecule has 0 unspecified atom stereocenters. The second-order valence-electron chi connectivity index (χ2n) is 3.77. The fraction of sp³-hybridized carbons (Fsp3) is 0. The van der Waals surface area contributed by atoms with Gasteiger partial charge in [0.15, 0.2) is 0 Å². The van der Waals surface area contributed by atoms with Gasteiger partial charge in [0, 0.05) is 21.3 Å². The van der Waals surface area contributed by atoms with Crippen molar-refractivity contribution in [1.82, 2.24) is 0 Å². The molecule has 0 aliphatic rings. The lowest BCUT2D eigenvalue weighted by Crippen LogP contribution is -2.10. The highest BCUT2D eigenvalue weighted by molar-refractivity contribution is 6.33. The van der Waals surface area contributed by atoms with E-state index < -0.39 is 6.09 Å². The van der Waals surface area contributed by atoms with Gasteiger partial charge in [-0.05, 0) is 24.3 Å². The number of nitrogens with one attached hydrogen (secondary N) is 1. The third kappa shape index (κ3) is 4.26. The number of halogens is 2. The van der Waals surface area contributed by atoms with Gasteiger partial charge in [-0.2, -0.15) is 0 Å². The molecule has 0 aliphatic heterocycles. The number of carbonyl (C=O) groups is 1. The van der Waals surface area contributed by atoms with Gasteiger partial charge >= 0.3 is 6.09 Å². The van der Waals surface area contributed by atoms with E-state index >= 15 is 0 Å². The lowest BCUT2D eigenvalue weighted by atomic mass is 10.2. The Morgan fingerprint density at radius 1 is 1.15 bits per heavy atom. The third-order valence-electron chi connectivity index (χ3n) is 2.30. The van der Waals surface area contributed by atoms with Crippen LogP contribution in [0.4, 0.5) is 10.5 Å². The lowest BCUT2D eigenvalue weighted by Gasteiger charge is -2.02. The van der Waals surface area contributed by atoms with Gasteiger partial charge in [-0.3, -0.25) is 10.2 Å². The molecule has 1 N–H and O–H groups in total. The van der Waals surface area contributed by atoms with Crippen molar-refractivity contribution >= 4 is 41.2 Å². The quantitative estimate of drug-likeness (QED) is 0.513. The smallest absolute Gasteiger partial charge is 0.298 e. The van der Waals surface area contributed by atoms with Gasteiger partial charge in [0.25, 0.3) is 0 Å². The van der Waals surface area contributed by atoms with Crippen molar-refractivity contribution < 1.29 is 9.63 Å². The number of hydrogen-bond acceptors (Lipinski definition) is 3. The van der Waals surface area contributed by atoms with E-state index in [1.165, 1.54) is 6.21 Å². The Kier molecular flexibility index (Phi) is 4.98. The molecule has 102 valence electrons. The van der Waals surface area contributed by atoms with Gasteiger partial charge in [-0.1, -0.05) is 52.6 Å². The van der Waals surface area contributed by atoms with E-state index in [-0.39, 0.29) is 0 Å². The summed E-state index contributed by atoms with van der Waals surface area (Å²) < 4.78 is 0. The summed E-state index contributed by atoms with van der Waals surface area (Å²) in [4.78, 5) is 16.1. The van der Waals surface area contributed by atoms with Crippen molar-refractivity contribution in [1.29, 1.82) is 0 Å². The van der Waals surface area contributed by atoms with Crippen LogP contribution < -0.4 is 5.32 Å². The van der Waals surface area contributed by atoms with Crippen LogP contribution in [-0.2, 0) is 4.84 Å². The molecule has 0 spiro atoms. The number of carbonyl (C=O) groups excluding carboxylic acids is 1. The first-order valence-corrected chi connectivity index (χ1v) is 6.42. The third-order valence-corrected chi connectivity index (χ3v) is 2.88. The summed E-state index contributed by atoms with van der Waals surface area (Å²) in [5.41, 5.74) is 1.18. The summed E-state index contributed by atoms with van der Waals surface area (Å²) in [6.45, 7) is 0. The second-order valence-corrected chi connectivity index (χ2v) is 4.61. The molecule has 0 fully saturated rings. The summed E-state index contributed by atoms with van der Waals surface area (Å²) in [6.07, 6.45) is 0.649. The summed E-state index contributed by atoms with van der Waals surface area (Å²) in [5, 5.41) is 7.10. The number of rotatable bonds is 3. The first kappa shape index (κ1) is 14.4. The van der Waals surface area contributed by atoms with Crippen LogP contribution >= 0.6 is 23.2 Å². The molecule has 0 aliphatic carbocycles. The Morgan fingerprint density at radius 3 is 2.70 bits per heavy atom. The molecule has 0 bridgehead atoms. The Labute approximate surface area is 125 Å². The minimum atomic E-state index is -0.712. The van der Waals surface area contributed by atoms with E-state index in [0.29, 0.717) is 21.3 Å². The van der Waals surface area contributed by atoms with Crippen LogP contribution in [-0.4, -0.2) is 12.3 Å². The molecule has 0 radical (unpaired) electrons. The van der Waals surface area contributed by atoms with Crippen LogP contribution in [0.5, 0.6) is 0 Å². The van der Waals surface area contributed by atoms with Gasteiger partial charge < -0.3 is 0 Å². The molecule has 0 saturated heterocycles. The topological polar surface area (TPSA) is 50.7 Å². The standard InChI is InChI=1S/C14H10Cl2N2O2/c15-11-5-3-6-12(8-11)18-14(19)20-17-9-10-4-1-2-7-13(10)16/h1-9H,(H,18,19). The van der Waals surface area contributed by atoms with Gasteiger partial charge in [0.05, 0.1) is 6.21 Å². The molecule has 2 aromatic carbocycles. The fourth-order valence-corrected chi connectivity index (χ4v) is 1.79. The lowest BCUT2D eigenvalue weighted by molar-refractivity contribution is 0.167. The van der Waals surface area contributed by atoms with E-state index in [9.17, 15) is 4.79 Å². The molecular formula is C14H10Cl2N2O2. The average molecular weight is 309 g/mol. The summed E-state index contributed by atoms with van der Waals surface area (Å²) in [5.74, 6) is 0. The molecule has 0 saturated carbocycles. The maximum absolute atomic E-state index is 11.5. The van der Waals surface area contributed by atoms with E-state index in [2.05, 4.69) is 15.3 Å². The van der Waals surface area contributed by atoms with E-state index in [1.54, 1.807) is 48.5 Å². The monoisotopic (exact) mass is 308 g/mol. The Bertz CT molecular complexity index is 645. The molecule has 6 heteroatoms. The van der Waals surface area contributed by atoms with E-state index in [1.807, 2.05) is 0 Å². The van der Waals surface area contributed by atoms with Crippen LogP contribution in [0, 0.1) is 0 Å². The van der Waals surface area contributed by atoms with Crippen molar-refractivity contribution in [2.24, 2.45) is 5.16 Å². The normalized spacial score (nSPS) is 10.5. The molecule has 20 heavy (non-hydrogen) atoms. The van der Waals surface area contributed by atoms with Crippen molar-refractivity contribution in [2.75, 3.05) is 5.32 Å². The van der Waals surface area contributed by atoms with Gasteiger partial charge in [-0.15, -0.1) is 0 Å². The van der Waals surface area contributed by atoms with Crippen LogP contribution in [0.1, 0.15) is 5.56 Å². The molecule has 4 nitrogen and oxygen atoms in total. The summed E-state index contributed by atoms with van der Waals surface area (Å²) in [6, 6.07) is 13.8. The molecule has 0 atom stereocenters. The van der Waals surface area contributed by atoms with E-state index in [0.717, 1.165) is 0 Å². The van der Waals surface area contributed by atoms with Crippen molar-refractivity contribution in [3.05, 3.63) is 64.1 Å². The molecule has 2 rings (SSSR count). The van der Waals surface area contributed by atoms with Gasteiger partial charge in [0.2, 0.25) is 0 Å². The first-order valence-electron chi connectivity index (χ1n) is 5.66. The zero-order valence-electron chi connectivity index (χ0n) is 10.2. The van der Waals surface area contributed by atoms with Crippen LogP contribution in [0.15, 0.2) is 53.7 Å². The molecule has 2 aromatic rings. The number of nitrogens with zero attached hydrogens (tertiary/aromatic N) is 1. The largest absolute Gasteiger partial charge is 0.437 e. The van der Waals surface area contributed by atoms with Crippen LogP contribution in [0.3, 0.4) is 0 Å². The van der Waals surface area contributed by atoms with Crippen molar-refractivity contribution in [3.8, 4) is 0 Å². The minimum Gasteiger partial charge on any atom is -0.298 e. The maximum atomic E-state index is 11.5. The van der Waals surface area contributed by atoms with E-state index in [4.69, 9.17) is 23.2 Å². The number of hydrogen-bond donors (Lipinski definition) is 1. The second kappa shape index (κ2) is 6.93. The van der Waals surface area contributed by atoms with Gasteiger partial charge in [-0.25, -0.2) is 4.79 Å². The highest BCUT2D eigenvalue weighted by Gasteiger charge is 2.03. The summed E-state index contributed by atoms with van der Waals surface area (Å²) >= 11 is 11.7. The highest BCUT2D eigenvalue weighted by Crippen LogP contribution is 2.15. The number of anilines is 1. The highest BCUT2D eigenvalue weighted by atomic mass is 35.5. The van der Waals surface area contributed by atoms with Gasteiger partial charge in [0.1, 0.15) is 0 Å². The van der Waals surface area contributed by atoms with Crippen LogP contribution in [0.2, 0.25) is 10.0 Å². The summed E-state index contributed by atoms with van der Waals surface area (Å²) in [7, 11) is 0. The SMILES string of the molecule is O=C(Nc1cccc(Cl)c1)ON=Cc1ccccc1Cl. The fourth-order valence-electron chi connectivity index (χ4n) is 1.42. The number of amides is 1. The van der Waals surface area contributed by atoms with Crippen LogP contribution in [0.25, 0.3) is 0 Å². The Hall–Kier alpha value is -2.04. The average Bonchev–Trinajstić information content (AvgIpc) is 2.41. The minimum absolute atomic E-state index is 0.516. The molecular weight excluding hydrogens is 299 g/mol.